The van der Waals surface area contributed by atoms with Crippen LogP contribution in [0.2, 0.25) is 5.02 Å². The van der Waals surface area contributed by atoms with Crippen molar-refractivity contribution in [3.8, 4) is 0 Å². The molecule has 2 N–H and O–H groups in total. The average Bonchev–Trinajstić information content (AvgIpc) is 3.42. The lowest BCUT2D eigenvalue weighted by Crippen LogP contribution is -2.49. The molecule has 3 heterocycles. The molecule has 1 aromatic carbocycles. The van der Waals surface area contributed by atoms with Crippen LogP contribution < -0.4 is 10.2 Å². The van der Waals surface area contributed by atoms with E-state index in [1.54, 1.807) is 0 Å². The molecule has 2 aromatic rings. The standard InChI is InChI=1S/C23H25ClF2N4O2S/c24-15-4-2-13(3-5-15)17-9-16-8-14(17)10-30(16)21-27-19-18(33(32)12-23(19,25)26)20(28-21)29-22(11-31)6-1-7-22/h2-5,14,16-17,31H,1,6-12H2,(H,27,28,29)/t14?,16?,17?,33-/m1/s1. The van der Waals surface area contributed by atoms with Gasteiger partial charge in [-0.2, -0.15) is 13.8 Å². The molecule has 0 radical (unpaired) electrons. The van der Waals surface area contributed by atoms with E-state index in [4.69, 9.17) is 11.6 Å². The zero-order chi connectivity index (χ0) is 23.0. The summed E-state index contributed by atoms with van der Waals surface area (Å²) in [5, 5.41) is 13.8. The van der Waals surface area contributed by atoms with E-state index in [1.807, 2.05) is 17.0 Å². The Hall–Kier alpha value is -1.84. The number of alkyl halides is 2. The van der Waals surface area contributed by atoms with Gasteiger partial charge in [-0.1, -0.05) is 23.7 Å². The predicted octanol–water partition coefficient (Wildman–Crippen LogP) is 4.05. The van der Waals surface area contributed by atoms with Crippen molar-refractivity contribution in [2.24, 2.45) is 5.92 Å². The Bertz CT molecular complexity index is 1120. The molecule has 33 heavy (non-hydrogen) atoms. The molecule has 0 amide bonds. The molecule has 2 bridgehead atoms. The van der Waals surface area contributed by atoms with E-state index in [0.29, 0.717) is 23.4 Å². The number of rotatable bonds is 5. The summed E-state index contributed by atoms with van der Waals surface area (Å²) in [5.74, 6) is -2.79. The summed E-state index contributed by atoms with van der Waals surface area (Å²) in [4.78, 5) is 10.9. The third kappa shape index (κ3) is 3.46. The van der Waals surface area contributed by atoms with Gasteiger partial charge in [-0.05, 0) is 61.6 Å². The summed E-state index contributed by atoms with van der Waals surface area (Å²) < 4.78 is 42.1. The Morgan fingerprint density at radius 2 is 1.97 bits per heavy atom. The molecule has 4 atom stereocenters. The lowest BCUT2D eigenvalue weighted by molar-refractivity contribution is 0.0191. The number of hydrogen-bond donors (Lipinski definition) is 2. The van der Waals surface area contributed by atoms with Gasteiger partial charge in [0.05, 0.1) is 28.7 Å². The zero-order valence-electron chi connectivity index (χ0n) is 17.9. The molecule has 2 aliphatic carbocycles. The Labute approximate surface area is 198 Å². The van der Waals surface area contributed by atoms with Crippen LogP contribution in [0.3, 0.4) is 0 Å². The first-order valence-corrected chi connectivity index (χ1v) is 13.1. The van der Waals surface area contributed by atoms with Gasteiger partial charge in [-0.3, -0.25) is 4.21 Å². The number of nitrogens with zero attached hydrogens (tertiary/aromatic N) is 3. The van der Waals surface area contributed by atoms with E-state index in [1.165, 1.54) is 5.56 Å². The van der Waals surface area contributed by atoms with Crippen molar-refractivity contribution < 1.29 is 18.1 Å². The van der Waals surface area contributed by atoms with Gasteiger partial charge in [0.2, 0.25) is 5.95 Å². The number of nitrogens with one attached hydrogen (secondary N) is 1. The van der Waals surface area contributed by atoms with E-state index in [9.17, 15) is 18.1 Å². The first kappa shape index (κ1) is 21.7. The third-order valence-corrected chi connectivity index (χ3v) is 9.55. The molecule has 2 saturated carbocycles. The Morgan fingerprint density at radius 3 is 2.58 bits per heavy atom. The lowest BCUT2D eigenvalue weighted by Gasteiger charge is -2.42. The van der Waals surface area contributed by atoms with Crippen molar-refractivity contribution in [3.63, 3.8) is 0 Å². The van der Waals surface area contributed by atoms with Gasteiger partial charge in [-0.25, -0.2) is 4.98 Å². The van der Waals surface area contributed by atoms with Crippen LogP contribution in [0.25, 0.3) is 0 Å². The topological polar surface area (TPSA) is 78.4 Å². The summed E-state index contributed by atoms with van der Waals surface area (Å²) in [6.07, 6.45) is 4.24. The van der Waals surface area contributed by atoms with Gasteiger partial charge in [0.15, 0.2) is 0 Å². The van der Waals surface area contributed by atoms with Gasteiger partial charge < -0.3 is 15.3 Å². The smallest absolute Gasteiger partial charge is 0.302 e. The minimum atomic E-state index is -3.26. The molecule has 176 valence electrons. The van der Waals surface area contributed by atoms with Crippen LogP contribution in [0.1, 0.15) is 49.3 Å². The summed E-state index contributed by atoms with van der Waals surface area (Å²) >= 11 is 6.04. The monoisotopic (exact) mass is 494 g/mol. The quantitative estimate of drug-likeness (QED) is 0.653. The second-order valence-electron chi connectivity index (χ2n) is 9.86. The summed E-state index contributed by atoms with van der Waals surface area (Å²) in [5.41, 5.74) is 0.226. The van der Waals surface area contributed by atoms with Crippen LogP contribution in [-0.4, -0.2) is 49.8 Å². The maximum Gasteiger partial charge on any atom is 0.302 e. The molecule has 10 heteroatoms. The highest BCUT2D eigenvalue weighted by atomic mass is 35.5. The molecule has 2 aliphatic heterocycles. The van der Waals surface area contributed by atoms with Crippen LogP contribution in [-0.2, 0) is 16.7 Å². The Balaban J connectivity index is 1.33. The van der Waals surface area contributed by atoms with Gasteiger partial charge in [0.1, 0.15) is 16.4 Å². The highest BCUT2D eigenvalue weighted by molar-refractivity contribution is 7.85. The normalized spacial score (nSPS) is 30.8. The lowest BCUT2D eigenvalue weighted by atomic mass is 9.77. The first-order chi connectivity index (χ1) is 15.8. The molecule has 6 rings (SSSR count). The maximum absolute atomic E-state index is 14.8. The van der Waals surface area contributed by atoms with E-state index in [0.717, 1.165) is 32.1 Å². The molecule has 6 nitrogen and oxygen atoms in total. The van der Waals surface area contributed by atoms with Gasteiger partial charge >= 0.3 is 5.92 Å². The average molecular weight is 495 g/mol. The summed E-state index contributed by atoms with van der Waals surface area (Å²) in [6, 6.07) is 8.10. The fourth-order valence-electron chi connectivity index (χ4n) is 5.91. The van der Waals surface area contributed by atoms with Crippen LogP contribution in [0, 0.1) is 5.92 Å². The number of aliphatic hydroxyl groups is 1. The number of hydrogen-bond acceptors (Lipinski definition) is 6. The molecule has 3 unspecified atom stereocenters. The van der Waals surface area contributed by atoms with E-state index >= 15 is 0 Å². The van der Waals surface area contributed by atoms with Gasteiger partial charge in [0.25, 0.3) is 0 Å². The fourth-order valence-corrected chi connectivity index (χ4v) is 7.37. The Kier molecular flexibility index (Phi) is 4.98. The number of fused-ring (bicyclic) bond motifs is 3. The highest BCUT2D eigenvalue weighted by Gasteiger charge is 2.51. The number of anilines is 2. The van der Waals surface area contributed by atoms with Crippen LogP contribution >= 0.6 is 11.6 Å². The number of aliphatic hydroxyl groups excluding tert-OH is 1. The number of piperidine rings is 1. The molecular weight excluding hydrogens is 470 g/mol. The van der Waals surface area contributed by atoms with Crippen molar-refractivity contribution in [2.75, 3.05) is 29.1 Å². The molecule has 1 saturated heterocycles. The summed E-state index contributed by atoms with van der Waals surface area (Å²) in [7, 11) is -1.89. The highest BCUT2D eigenvalue weighted by Crippen LogP contribution is 2.50. The molecular formula is C23H25ClF2N4O2S. The van der Waals surface area contributed by atoms with Crippen molar-refractivity contribution in [1.29, 1.82) is 0 Å². The van der Waals surface area contributed by atoms with E-state index < -0.39 is 33.7 Å². The number of halogens is 3. The Morgan fingerprint density at radius 1 is 1.21 bits per heavy atom. The zero-order valence-corrected chi connectivity index (χ0v) is 19.5. The van der Waals surface area contributed by atoms with Crippen molar-refractivity contribution in [3.05, 3.63) is 40.5 Å². The van der Waals surface area contributed by atoms with E-state index in [2.05, 4.69) is 27.4 Å². The largest absolute Gasteiger partial charge is 0.394 e. The van der Waals surface area contributed by atoms with Crippen LogP contribution in [0.4, 0.5) is 20.5 Å². The van der Waals surface area contributed by atoms with E-state index in [-0.39, 0.29) is 29.3 Å². The second kappa shape index (κ2) is 7.58. The molecule has 3 fully saturated rings. The third-order valence-electron chi connectivity index (χ3n) is 7.83. The minimum absolute atomic E-state index is 0.00753. The fraction of sp³-hybridized carbons (Fsp3) is 0.565. The van der Waals surface area contributed by atoms with Gasteiger partial charge in [0, 0.05) is 17.6 Å². The van der Waals surface area contributed by atoms with Crippen molar-refractivity contribution >= 4 is 34.2 Å². The van der Waals surface area contributed by atoms with Crippen molar-refractivity contribution in [1.82, 2.24) is 9.97 Å². The molecule has 0 spiro atoms. The van der Waals surface area contributed by atoms with Crippen LogP contribution in [0.15, 0.2) is 29.2 Å². The molecule has 4 aliphatic rings. The van der Waals surface area contributed by atoms with Crippen molar-refractivity contribution in [2.45, 2.75) is 60.4 Å². The minimum Gasteiger partial charge on any atom is -0.394 e. The maximum atomic E-state index is 14.8. The number of aromatic nitrogens is 2. The number of benzene rings is 1. The second-order valence-corrected chi connectivity index (χ2v) is 11.7. The SMILES string of the molecule is O=[S@@]1CC(F)(F)c2nc(N3CC4CC3CC4c3ccc(Cl)cc3)nc(NC3(CO)CCC3)c21. The van der Waals surface area contributed by atoms with Gasteiger partial charge in [-0.15, -0.1) is 0 Å². The summed E-state index contributed by atoms with van der Waals surface area (Å²) in [6.45, 7) is 0.567. The van der Waals surface area contributed by atoms with Crippen LogP contribution in [0.5, 0.6) is 0 Å². The first-order valence-electron chi connectivity index (χ1n) is 11.4. The predicted molar refractivity (Wildman–Crippen MR) is 123 cm³/mol. The molecule has 1 aromatic heterocycles.